The van der Waals surface area contributed by atoms with Gasteiger partial charge in [-0.25, -0.2) is 19.4 Å². The smallest absolute Gasteiger partial charge is 0.349 e. The van der Waals surface area contributed by atoms with Crippen LogP contribution in [-0.2, 0) is 0 Å². The third kappa shape index (κ3) is 4.51. The van der Waals surface area contributed by atoms with E-state index in [1.54, 1.807) is 53.2 Å². The number of nitrogens with one attached hydrogen (secondary N) is 1. The Labute approximate surface area is 205 Å². The summed E-state index contributed by atoms with van der Waals surface area (Å²) in [4.78, 5) is 33.6. The van der Waals surface area contributed by atoms with Gasteiger partial charge in [0.1, 0.15) is 17.6 Å². The minimum Gasteiger partial charge on any atom is -0.493 e. The van der Waals surface area contributed by atoms with Gasteiger partial charge in [-0.1, -0.05) is 12.1 Å². The average molecular weight is 483 g/mol. The number of carbonyl (C=O) groups excluding carboxylic acids is 1. The number of carbonyl (C=O) groups is 1. The highest BCUT2D eigenvalue weighted by Crippen LogP contribution is 2.26. The molecule has 0 aliphatic heterocycles. The van der Waals surface area contributed by atoms with Gasteiger partial charge in [0.2, 0.25) is 5.88 Å². The molecule has 36 heavy (non-hydrogen) atoms. The van der Waals surface area contributed by atoms with Crippen LogP contribution in [0.3, 0.4) is 0 Å². The first-order valence-corrected chi connectivity index (χ1v) is 11.0. The van der Waals surface area contributed by atoms with E-state index in [1.807, 2.05) is 19.9 Å². The van der Waals surface area contributed by atoms with Crippen LogP contribution >= 0.6 is 0 Å². The number of ether oxygens (including phenoxy) is 2. The predicted octanol–water partition coefficient (Wildman–Crippen LogP) is 4.44. The molecule has 0 fully saturated rings. The summed E-state index contributed by atoms with van der Waals surface area (Å²) in [6, 6.07) is 16.9. The fourth-order valence-corrected chi connectivity index (χ4v) is 3.72. The number of methoxy groups -OCH3 is 1. The number of anilines is 1. The van der Waals surface area contributed by atoms with Crippen molar-refractivity contribution in [2.75, 3.05) is 12.4 Å². The zero-order chi connectivity index (χ0) is 25.2. The lowest BCUT2D eigenvalue weighted by Gasteiger charge is -2.09. The van der Waals surface area contributed by atoms with E-state index in [4.69, 9.17) is 13.9 Å². The van der Waals surface area contributed by atoms with E-state index in [0.29, 0.717) is 34.3 Å². The van der Waals surface area contributed by atoms with E-state index in [1.165, 1.54) is 19.5 Å². The van der Waals surface area contributed by atoms with Gasteiger partial charge in [-0.15, -0.1) is 0 Å². The van der Waals surface area contributed by atoms with Gasteiger partial charge in [0, 0.05) is 22.8 Å². The van der Waals surface area contributed by atoms with Crippen molar-refractivity contribution < 1.29 is 18.7 Å². The lowest BCUT2D eigenvalue weighted by molar-refractivity contribution is 0.102. The highest BCUT2D eigenvalue weighted by atomic mass is 16.5. The van der Waals surface area contributed by atoms with Crippen LogP contribution in [0.25, 0.3) is 16.8 Å². The van der Waals surface area contributed by atoms with E-state index in [0.717, 1.165) is 11.4 Å². The van der Waals surface area contributed by atoms with Gasteiger partial charge < -0.3 is 19.2 Å². The number of nitrogens with zero attached hydrogens (tertiary/aromatic N) is 4. The van der Waals surface area contributed by atoms with Crippen LogP contribution in [0.4, 0.5) is 5.69 Å². The largest absolute Gasteiger partial charge is 0.493 e. The summed E-state index contributed by atoms with van der Waals surface area (Å²) >= 11 is 0. The van der Waals surface area contributed by atoms with Crippen LogP contribution in [0.2, 0.25) is 0 Å². The second-order valence-corrected chi connectivity index (χ2v) is 7.96. The monoisotopic (exact) mass is 483 g/mol. The number of hydrogen-bond donors (Lipinski definition) is 1. The molecule has 0 saturated heterocycles. The lowest BCUT2D eigenvalue weighted by atomic mass is 10.1. The van der Waals surface area contributed by atoms with Crippen LogP contribution < -0.4 is 20.4 Å². The molecule has 0 spiro atoms. The van der Waals surface area contributed by atoms with Crippen molar-refractivity contribution in [3.05, 3.63) is 94.4 Å². The van der Waals surface area contributed by atoms with E-state index < -0.39 is 11.5 Å². The number of para-hydroxylation sites is 1. The summed E-state index contributed by atoms with van der Waals surface area (Å²) in [5.74, 6) is 1.25. The van der Waals surface area contributed by atoms with Crippen molar-refractivity contribution in [1.82, 2.24) is 19.7 Å². The van der Waals surface area contributed by atoms with Crippen molar-refractivity contribution in [3.8, 4) is 23.2 Å². The third-order valence-electron chi connectivity index (χ3n) is 5.38. The molecule has 10 nitrogen and oxygen atoms in total. The Morgan fingerprint density at radius 3 is 2.56 bits per heavy atom. The second kappa shape index (κ2) is 9.34. The molecule has 2 aromatic carbocycles. The molecule has 0 aliphatic carbocycles. The Balaban J connectivity index is 1.31. The zero-order valence-electron chi connectivity index (χ0n) is 19.7. The molecule has 3 heterocycles. The normalized spacial score (nSPS) is 10.9. The highest BCUT2D eigenvalue weighted by molar-refractivity contribution is 6.05. The van der Waals surface area contributed by atoms with E-state index >= 15 is 0 Å². The molecule has 0 saturated carbocycles. The van der Waals surface area contributed by atoms with E-state index in [2.05, 4.69) is 20.4 Å². The van der Waals surface area contributed by atoms with Crippen LogP contribution in [0.5, 0.6) is 17.4 Å². The van der Waals surface area contributed by atoms with Crippen LogP contribution in [0, 0.1) is 13.8 Å². The summed E-state index contributed by atoms with van der Waals surface area (Å²) in [7, 11) is 1.48. The molecule has 0 unspecified atom stereocenters. The SMILES string of the molecule is COc1cccc2cc(C(=O)Nc3ccc(Oc4cc(-n5nc(C)cc5C)ncn4)cc3)c(=O)oc12. The third-order valence-corrected chi connectivity index (χ3v) is 5.38. The Hall–Kier alpha value is -4.99. The minimum atomic E-state index is -0.758. The average Bonchev–Trinajstić information content (AvgIpc) is 3.22. The van der Waals surface area contributed by atoms with Gasteiger partial charge in [0.05, 0.1) is 12.8 Å². The molecule has 3 aromatic heterocycles. The second-order valence-electron chi connectivity index (χ2n) is 7.96. The van der Waals surface area contributed by atoms with Gasteiger partial charge in [-0.3, -0.25) is 4.79 Å². The summed E-state index contributed by atoms with van der Waals surface area (Å²) in [6.07, 6.45) is 1.40. The zero-order valence-corrected chi connectivity index (χ0v) is 19.7. The number of amides is 1. The van der Waals surface area contributed by atoms with Crippen molar-refractivity contribution in [3.63, 3.8) is 0 Å². The number of aryl methyl sites for hydroxylation is 2. The van der Waals surface area contributed by atoms with Crippen molar-refractivity contribution >= 4 is 22.6 Å². The quantitative estimate of drug-likeness (QED) is 0.352. The van der Waals surface area contributed by atoms with Crippen molar-refractivity contribution in [2.45, 2.75) is 13.8 Å². The van der Waals surface area contributed by atoms with Gasteiger partial charge >= 0.3 is 5.63 Å². The highest BCUT2D eigenvalue weighted by Gasteiger charge is 2.16. The fraction of sp³-hybridized carbons (Fsp3) is 0.115. The molecule has 5 aromatic rings. The maximum absolute atomic E-state index is 12.8. The Kier molecular flexibility index (Phi) is 5.91. The molecule has 10 heteroatoms. The van der Waals surface area contributed by atoms with E-state index in [9.17, 15) is 9.59 Å². The molecule has 5 rings (SSSR count). The summed E-state index contributed by atoms with van der Waals surface area (Å²) in [5, 5.41) is 7.70. The first-order chi connectivity index (χ1) is 17.4. The predicted molar refractivity (Wildman–Crippen MR) is 132 cm³/mol. The number of rotatable bonds is 6. The molecule has 1 amide bonds. The molecule has 180 valence electrons. The molecule has 1 N–H and O–H groups in total. The molecule has 0 radical (unpaired) electrons. The van der Waals surface area contributed by atoms with Crippen LogP contribution in [0.15, 0.2) is 76.2 Å². The molecular formula is C26H21N5O5. The maximum atomic E-state index is 12.8. The maximum Gasteiger partial charge on any atom is 0.349 e. The van der Waals surface area contributed by atoms with Crippen LogP contribution in [0.1, 0.15) is 21.7 Å². The number of fused-ring (bicyclic) bond motifs is 1. The minimum absolute atomic E-state index is 0.117. The fourth-order valence-electron chi connectivity index (χ4n) is 3.72. The van der Waals surface area contributed by atoms with Gasteiger partial charge in [0.15, 0.2) is 17.2 Å². The Morgan fingerprint density at radius 2 is 1.83 bits per heavy atom. The molecular weight excluding hydrogens is 462 g/mol. The molecule has 0 aliphatic rings. The van der Waals surface area contributed by atoms with Gasteiger partial charge in [-0.05, 0) is 56.3 Å². The molecule has 0 bridgehead atoms. The van der Waals surface area contributed by atoms with E-state index in [-0.39, 0.29) is 11.1 Å². The van der Waals surface area contributed by atoms with Crippen molar-refractivity contribution in [1.29, 1.82) is 0 Å². The lowest BCUT2D eigenvalue weighted by Crippen LogP contribution is -2.20. The Morgan fingerprint density at radius 1 is 1.03 bits per heavy atom. The number of benzene rings is 2. The first kappa shape index (κ1) is 22.8. The first-order valence-electron chi connectivity index (χ1n) is 11.0. The van der Waals surface area contributed by atoms with Gasteiger partial charge in [0.25, 0.3) is 5.91 Å². The molecule has 0 atom stereocenters. The summed E-state index contributed by atoms with van der Waals surface area (Å²) < 4.78 is 18.1. The summed E-state index contributed by atoms with van der Waals surface area (Å²) in [6.45, 7) is 3.85. The summed E-state index contributed by atoms with van der Waals surface area (Å²) in [5.41, 5.74) is 1.71. The topological polar surface area (TPSA) is 121 Å². The van der Waals surface area contributed by atoms with Crippen LogP contribution in [-0.4, -0.2) is 32.8 Å². The Bertz CT molecular complexity index is 1640. The number of aromatic nitrogens is 4. The van der Waals surface area contributed by atoms with Gasteiger partial charge in [-0.2, -0.15) is 5.10 Å². The van der Waals surface area contributed by atoms with Crippen molar-refractivity contribution in [2.24, 2.45) is 0 Å². The standard InChI is InChI=1S/C26H21N5O5/c1-15-11-16(2)31(30-15)22-13-23(28-14-27-22)35-19-9-7-18(8-10-19)29-25(32)20-12-17-5-4-6-21(34-3)24(17)36-26(20)33/h4-14H,1-3H3,(H,29,32). The number of hydrogen-bond acceptors (Lipinski definition) is 8.